The number of carbonyl (C=O) groups excluding carboxylic acids is 2. The molecule has 1 aromatic heterocycles. The second kappa shape index (κ2) is 7.16. The predicted molar refractivity (Wildman–Crippen MR) is 107 cm³/mol. The van der Waals surface area contributed by atoms with E-state index < -0.39 is 23.3 Å². The highest BCUT2D eigenvalue weighted by Gasteiger charge is 2.58. The van der Waals surface area contributed by atoms with Gasteiger partial charge in [0.2, 0.25) is 0 Å². The lowest BCUT2D eigenvalue weighted by molar-refractivity contribution is -0.153. The molecule has 0 radical (unpaired) electrons. The summed E-state index contributed by atoms with van der Waals surface area (Å²) in [6, 6.07) is 0.761. The Morgan fingerprint density at radius 2 is 1.97 bits per heavy atom. The molecule has 0 aliphatic carbocycles. The fourth-order valence-electron chi connectivity index (χ4n) is 5.23. The number of amides is 1. The average molecular weight is 451 g/mol. The molecule has 3 saturated heterocycles. The number of likely N-dealkylation sites (tertiary alicyclic amines) is 2. The summed E-state index contributed by atoms with van der Waals surface area (Å²) in [6.45, 7) is 6.86. The van der Waals surface area contributed by atoms with Gasteiger partial charge in [-0.25, -0.2) is 4.79 Å². The van der Waals surface area contributed by atoms with Crippen LogP contribution in [0.15, 0.2) is 23.4 Å². The Bertz CT molecular complexity index is 1000. The Kier molecular flexibility index (Phi) is 4.74. The molecule has 172 valence electrons. The number of carbonyl (C=O) groups is 2. The first-order valence-electron chi connectivity index (χ1n) is 10.8. The van der Waals surface area contributed by atoms with Gasteiger partial charge >= 0.3 is 12.1 Å². The van der Waals surface area contributed by atoms with Crippen molar-refractivity contribution in [3.8, 4) is 0 Å². The maximum atomic E-state index is 13.5. The molecule has 4 aliphatic heterocycles. The Morgan fingerprint density at radius 1 is 1.25 bits per heavy atom. The number of piperidine rings is 1. The first-order chi connectivity index (χ1) is 15.1. The summed E-state index contributed by atoms with van der Waals surface area (Å²) >= 11 is 0. The van der Waals surface area contributed by atoms with E-state index in [1.165, 1.54) is 0 Å². The van der Waals surface area contributed by atoms with E-state index in [0.29, 0.717) is 43.3 Å². The quantitative estimate of drug-likeness (QED) is 0.647. The molecule has 0 saturated carbocycles. The van der Waals surface area contributed by atoms with Crippen LogP contribution in [0.25, 0.3) is 0 Å². The maximum Gasteiger partial charge on any atom is 0.418 e. The second-order valence-corrected chi connectivity index (χ2v) is 8.86. The van der Waals surface area contributed by atoms with Crippen molar-refractivity contribution in [2.75, 3.05) is 37.6 Å². The Hall–Kier alpha value is -2.69. The third-order valence-corrected chi connectivity index (χ3v) is 7.29. The van der Waals surface area contributed by atoms with E-state index in [1.54, 1.807) is 16.7 Å². The molecule has 1 amide bonds. The van der Waals surface area contributed by atoms with Gasteiger partial charge in [0, 0.05) is 44.6 Å². The SMILES string of the molecule is CCN1CCC2(CC1)OC(=O)C(C)=C2C(=O)N1CC2[C@H]1CN2c1cc(C(F)(F)F)cnn1. The number of esters is 1. The summed E-state index contributed by atoms with van der Waals surface area (Å²) in [5.41, 5.74) is -0.899. The second-order valence-electron chi connectivity index (χ2n) is 8.86. The molecule has 8 nitrogen and oxygen atoms in total. The van der Waals surface area contributed by atoms with Crippen molar-refractivity contribution in [3.63, 3.8) is 0 Å². The van der Waals surface area contributed by atoms with E-state index in [1.807, 2.05) is 0 Å². The summed E-state index contributed by atoms with van der Waals surface area (Å²) in [5, 5.41) is 7.33. The van der Waals surface area contributed by atoms with Gasteiger partial charge in [0.1, 0.15) is 5.60 Å². The maximum absolute atomic E-state index is 13.5. The third-order valence-electron chi connectivity index (χ3n) is 7.29. The van der Waals surface area contributed by atoms with Gasteiger partial charge in [-0.15, -0.1) is 5.10 Å². The lowest BCUT2D eigenvalue weighted by Gasteiger charge is -2.62. The van der Waals surface area contributed by atoms with E-state index in [-0.39, 0.29) is 23.8 Å². The van der Waals surface area contributed by atoms with Crippen LogP contribution in [-0.2, 0) is 20.5 Å². The van der Waals surface area contributed by atoms with E-state index >= 15 is 0 Å². The molecule has 4 aliphatic rings. The number of rotatable bonds is 3. The normalized spacial score (nSPS) is 27.2. The molecule has 1 spiro atoms. The van der Waals surface area contributed by atoms with E-state index in [2.05, 4.69) is 22.0 Å². The summed E-state index contributed by atoms with van der Waals surface area (Å²) in [6.07, 6.45) is -2.62. The number of aromatic nitrogens is 2. The molecule has 11 heteroatoms. The van der Waals surface area contributed by atoms with Gasteiger partial charge < -0.3 is 19.4 Å². The predicted octanol–water partition coefficient (Wildman–Crippen LogP) is 1.62. The minimum atomic E-state index is -4.49. The van der Waals surface area contributed by atoms with Gasteiger partial charge in [0.25, 0.3) is 5.91 Å². The van der Waals surface area contributed by atoms with Crippen LogP contribution in [0.1, 0.15) is 32.3 Å². The van der Waals surface area contributed by atoms with Crippen LogP contribution in [0.4, 0.5) is 19.0 Å². The van der Waals surface area contributed by atoms with Gasteiger partial charge in [0.05, 0.1) is 29.4 Å². The van der Waals surface area contributed by atoms with E-state index in [0.717, 1.165) is 25.7 Å². The summed E-state index contributed by atoms with van der Waals surface area (Å²) < 4.78 is 44.7. The molecule has 5 heterocycles. The lowest BCUT2D eigenvalue weighted by Crippen LogP contribution is -2.80. The van der Waals surface area contributed by atoms with Crippen molar-refractivity contribution in [1.82, 2.24) is 20.0 Å². The van der Waals surface area contributed by atoms with Crippen LogP contribution in [0, 0.1) is 0 Å². The molecule has 0 aromatic carbocycles. The van der Waals surface area contributed by atoms with Crippen molar-refractivity contribution in [2.45, 2.75) is 50.6 Å². The van der Waals surface area contributed by atoms with Crippen molar-refractivity contribution in [2.24, 2.45) is 0 Å². The van der Waals surface area contributed by atoms with Gasteiger partial charge in [-0.3, -0.25) is 4.79 Å². The fourth-order valence-corrected chi connectivity index (χ4v) is 5.23. The fraction of sp³-hybridized carbons (Fsp3) is 0.619. The van der Waals surface area contributed by atoms with E-state index in [4.69, 9.17) is 4.74 Å². The minimum Gasteiger partial charge on any atom is -0.450 e. The standard InChI is InChI=1S/C21H24F3N5O3/c1-3-27-6-4-20(5-7-27)17(12(2)19(31)32-20)18(30)29-11-14-15(29)10-28(14)16-8-13(9-25-26-16)21(22,23)24/h8-9,14-15H,3-7,10-11H2,1-2H3/t14?,15-/m1/s1. The zero-order chi connectivity index (χ0) is 22.8. The molecule has 3 fully saturated rings. The molecule has 0 bridgehead atoms. The highest BCUT2D eigenvalue weighted by atomic mass is 19.4. The Morgan fingerprint density at radius 3 is 2.56 bits per heavy atom. The van der Waals surface area contributed by atoms with Gasteiger partial charge in [-0.05, 0) is 19.5 Å². The highest BCUT2D eigenvalue weighted by molar-refractivity contribution is 6.07. The van der Waals surface area contributed by atoms with Crippen LogP contribution >= 0.6 is 0 Å². The molecule has 32 heavy (non-hydrogen) atoms. The van der Waals surface area contributed by atoms with Crippen LogP contribution < -0.4 is 4.90 Å². The molecule has 0 N–H and O–H groups in total. The topological polar surface area (TPSA) is 78.9 Å². The minimum absolute atomic E-state index is 0.103. The summed E-state index contributed by atoms with van der Waals surface area (Å²) in [7, 11) is 0. The number of alkyl halides is 3. The number of halogens is 3. The highest BCUT2D eigenvalue weighted by Crippen LogP contribution is 2.45. The monoisotopic (exact) mass is 451 g/mol. The average Bonchev–Trinajstić information content (AvgIpc) is 2.98. The Balaban J connectivity index is 1.30. The smallest absolute Gasteiger partial charge is 0.418 e. The molecule has 5 rings (SSSR count). The number of fused-ring (bicyclic) bond motifs is 1. The Labute approximate surface area is 183 Å². The first-order valence-corrected chi connectivity index (χ1v) is 10.8. The molecular formula is C21H24F3N5O3. The summed E-state index contributed by atoms with van der Waals surface area (Å²) in [5.74, 6) is -0.481. The van der Waals surface area contributed by atoms with Crippen molar-refractivity contribution in [3.05, 3.63) is 29.0 Å². The van der Waals surface area contributed by atoms with Crippen molar-refractivity contribution >= 4 is 17.7 Å². The zero-order valence-electron chi connectivity index (χ0n) is 17.9. The first kappa shape index (κ1) is 21.2. The van der Waals surface area contributed by atoms with Gasteiger partial charge in [-0.1, -0.05) is 6.92 Å². The number of piperazine rings is 1. The number of nitrogens with zero attached hydrogens (tertiary/aromatic N) is 5. The van der Waals surface area contributed by atoms with Crippen LogP contribution in [0.2, 0.25) is 0 Å². The largest absolute Gasteiger partial charge is 0.450 e. The third kappa shape index (κ3) is 3.08. The molecular weight excluding hydrogens is 427 g/mol. The molecule has 1 unspecified atom stereocenters. The molecule has 2 atom stereocenters. The summed E-state index contributed by atoms with van der Waals surface area (Å²) in [4.78, 5) is 31.5. The number of ether oxygens (including phenoxy) is 1. The zero-order valence-corrected chi connectivity index (χ0v) is 17.9. The van der Waals surface area contributed by atoms with Gasteiger partial charge in [-0.2, -0.15) is 18.3 Å². The van der Waals surface area contributed by atoms with E-state index in [9.17, 15) is 22.8 Å². The van der Waals surface area contributed by atoms with Crippen molar-refractivity contribution < 1.29 is 27.5 Å². The van der Waals surface area contributed by atoms with Crippen LogP contribution in [0.3, 0.4) is 0 Å². The number of hydrogen-bond donors (Lipinski definition) is 0. The van der Waals surface area contributed by atoms with Crippen molar-refractivity contribution in [1.29, 1.82) is 0 Å². The van der Waals surface area contributed by atoms with Crippen LogP contribution in [-0.4, -0.2) is 82.3 Å². The van der Waals surface area contributed by atoms with Gasteiger partial charge in [0.15, 0.2) is 5.82 Å². The van der Waals surface area contributed by atoms with Crippen LogP contribution in [0.5, 0.6) is 0 Å². The number of anilines is 1. The molecule has 1 aromatic rings. The number of hydrogen-bond acceptors (Lipinski definition) is 7. The lowest BCUT2D eigenvalue weighted by atomic mass is 9.79.